The van der Waals surface area contributed by atoms with Gasteiger partial charge in [-0.15, -0.1) is 10.2 Å². The van der Waals surface area contributed by atoms with Crippen molar-refractivity contribution in [2.24, 2.45) is 10.2 Å². The third-order valence-corrected chi connectivity index (χ3v) is 3.52. The molecule has 0 fully saturated rings. The van der Waals surface area contributed by atoms with E-state index < -0.39 is 11.7 Å². The predicted molar refractivity (Wildman–Crippen MR) is 82.0 cm³/mol. The number of phenolic OH excluding ortho intramolecular Hbond substituents is 1. The van der Waals surface area contributed by atoms with Crippen LogP contribution >= 0.6 is 0 Å². The molecule has 0 aliphatic rings. The van der Waals surface area contributed by atoms with Crippen molar-refractivity contribution < 1.29 is 18.3 Å². The minimum Gasteiger partial charge on any atom is -0.508 e. The third kappa shape index (κ3) is 2.94. The van der Waals surface area contributed by atoms with Gasteiger partial charge in [0.1, 0.15) is 11.4 Å². The van der Waals surface area contributed by atoms with Gasteiger partial charge in [-0.1, -0.05) is 0 Å². The molecule has 0 radical (unpaired) electrons. The lowest BCUT2D eigenvalue weighted by Crippen LogP contribution is -2.06. The first-order valence-electron chi connectivity index (χ1n) is 7.03. The van der Waals surface area contributed by atoms with E-state index >= 15 is 0 Å². The van der Waals surface area contributed by atoms with Crippen molar-refractivity contribution in [3.63, 3.8) is 0 Å². The highest BCUT2D eigenvalue weighted by molar-refractivity contribution is 5.53. The van der Waals surface area contributed by atoms with Gasteiger partial charge in [-0.2, -0.15) is 13.2 Å². The zero-order valence-electron chi connectivity index (χ0n) is 12.8. The fourth-order valence-electron chi connectivity index (χ4n) is 2.29. The SMILES string of the molecule is Cc1cc(O)ccc1N=Nc1c(C)nc2ccc(C(F)(F)F)cn12. The minimum absolute atomic E-state index is 0.104. The Kier molecular flexibility index (Phi) is 3.75. The van der Waals surface area contributed by atoms with Gasteiger partial charge >= 0.3 is 6.18 Å². The van der Waals surface area contributed by atoms with Gasteiger partial charge in [0.05, 0.1) is 16.9 Å². The van der Waals surface area contributed by atoms with Gasteiger partial charge in [-0.05, 0) is 49.7 Å². The Morgan fingerprint density at radius 1 is 1.08 bits per heavy atom. The molecular weight excluding hydrogens is 321 g/mol. The highest BCUT2D eigenvalue weighted by Gasteiger charge is 2.31. The van der Waals surface area contributed by atoms with Crippen molar-refractivity contribution in [3.05, 3.63) is 53.3 Å². The van der Waals surface area contributed by atoms with Gasteiger partial charge in [-0.25, -0.2) is 4.98 Å². The van der Waals surface area contributed by atoms with Crippen LogP contribution in [0.4, 0.5) is 24.7 Å². The Hall–Kier alpha value is -2.90. The molecule has 0 spiro atoms. The van der Waals surface area contributed by atoms with Gasteiger partial charge in [0.15, 0.2) is 5.82 Å². The minimum atomic E-state index is -4.45. The van der Waals surface area contributed by atoms with Crippen LogP contribution in [0.5, 0.6) is 5.75 Å². The Morgan fingerprint density at radius 2 is 1.83 bits per heavy atom. The van der Waals surface area contributed by atoms with Crippen molar-refractivity contribution in [1.82, 2.24) is 9.38 Å². The second kappa shape index (κ2) is 5.63. The van der Waals surface area contributed by atoms with E-state index in [2.05, 4.69) is 15.2 Å². The topological polar surface area (TPSA) is 62.2 Å². The molecule has 2 aromatic heterocycles. The molecule has 0 unspecified atom stereocenters. The molecule has 3 aromatic rings. The van der Waals surface area contributed by atoms with Gasteiger partial charge in [0.2, 0.25) is 0 Å². The molecule has 2 heterocycles. The third-order valence-electron chi connectivity index (χ3n) is 3.52. The molecule has 0 saturated carbocycles. The summed E-state index contributed by atoms with van der Waals surface area (Å²) in [5, 5.41) is 17.5. The number of imidazole rings is 1. The predicted octanol–water partition coefficient (Wildman–Crippen LogP) is 5.09. The number of alkyl halides is 3. The Balaban J connectivity index is 2.08. The highest BCUT2D eigenvalue weighted by Crippen LogP contribution is 2.32. The highest BCUT2D eigenvalue weighted by atomic mass is 19.4. The second-order valence-electron chi connectivity index (χ2n) is 5.34. The standard InChI is InChI=1S/C16H13F3N4O/c1-9-7-12(24)4-5-13(9)21-22-15-10(2)20-14-6-3-11(8-23(14)15)16(17,18)19/h3-8,24H,1-2H3. The quantitative estimate of drug-likeness (QED) is 0.663. The summed E-state index contributed by atoms with van der Waals surface area (Å²) in [4.78, 5) is 4.19. The fourth-order valence-corrected chi connectivity index (χ4v) is 2.29. The molecular formula is C16H13F3N4O. The van der Waals surface area contributed by atoms with Crippen molar-refractivity contribution in [1.29, 1.82) is 0 Å². The molecule has 0 aliphatic carbocycles. The summed E-state index contributed by atoms with van der Waals surface area (Å²) in [6.45, 7) is 3.40. The van der Waals surface area contributed by atoms with E-state index in [-0.39, 0.29) is 11.6 Å². The van der Waals surface area contributed by atoms with Crippen LogP contribution in [0.2, 0.25) is 0 Å². The number of azo groups is 1. The zero-order chi connectivity index (χ0) is 17.5. The number of nitrogens with zero attached hydrogens (tertiary/aromatic N) is 4. The van der Waals surface area contributed by atoms with E-state index in [1.165, 1.54) is 22.6 Å². The van der Waals surface area contributed by atoms with Gasteiger partial charge in [-0.3, -0.25) is 4.40 Å². The van der Waals surface area contributed by atoms with Crippen LogP contribution in [0.25, 0.3) is 5.65 Å². The lowest BCUT2D eigenvalue weighted by Gasteiger charge is -2.07. The second-order valence-corrected chi connectivity index (χ2v) is 5.34. The normalized spacial score (nSPS) is 12.4. The Morgan fingerprint density at radius 3 is 2.50 bits per heavy atom. The van der Waals surface area contributed by atoms with Gasteiger partial charge in [0.25, 0.3) is 0 Å². The van der Waals surface area contributed by atoms with E-state index in [0.29, 0.717) is 22.6 Å². The summed E-state index contributed by atoms with van der Waals surface area (Å²) >= 11 is 0. The van der Waals surface area contributed by atoms with Crippen molar-refractivity contribution in [2.75, 3.05) is 0 Å². The molecule has 0 bridgehead atoms. The fraction of sp³-hybridized carbons (Fsp3) is 0.188. The molecule has 124 valence electrons. The number of phenols is 1. The first-order valence-corrected chi connectivity index (χ1v) is 7.03. The van der Waals surface area contributed by atoms with Crippen molar-refractivity contribution in [3.8, 4) is 5.75 Å². The number of aromatic nitrogens is 2. The summed E-state index contributed by atoms with van der Waals surface area (Å²) in [6, 6.07) is 6.84. The monoisotopic (exact) mass is 334 g/mol. The summed E-state index contributed by atoms with van der Waals surface area (Å²) in [5.41, 5.74) is 1.24. The maximum atomic E-state index is 12.9. The Labute approximate surface area is 135 Å². The number of hydrogen-bond acceptors (Lipinski definition) is 4. The lowest BCUT2D eigenvalue weighted by molar-refractivity contribution is -0.137. The summed E-state index contributed by atoms with van der Waals surface area (Å²) in [6.07, 6.45) is -3.50. The number of aromatic hydroxyl groups is 1. The number of fused-ring (bicyclic) bond motifs is 1. The van der Waals surface area contributed by atoms with Gasteiger partial charge in [0, 0.05) is 6.20 Å². The molecule has 1 N–H and O–H groups in total. The van der Waals surface area contributed by atoms with Crippen LogP contribution in [0.15, 0.2) is 46.8 Å². The summed E-state index contributed by atoms with van der Waals surface area (Å²) in [7, 11) is 0. The van der Waals surface area contributed by atoms with Crippen LogP contribution in [-0.4, -0.2) is 14.5 Å². The maximum Gasteiger partial charge on any atom is 0.417 e. The lowest BCUT2D eigenvalue weighted by atomic mass is 10.2. The molecule has 5 nitrogen and oxygen atoms in total. The largest absolute Gasteiger partial charge is 0.508 e. The molecule has 0 aliphatic heterocycles. The van der Waals surface area contributed by atoms with E-state index in [1.807, 2.05) is 0 Å². The zero-order valence-corrected chi connectivity index (χ0v) is 12.8. The van der Waals surface area contributed by atoms with E-state index in [4.69, 9.17) is 0 Å². The van der Waals surface area contributed by atoms with Crippen LogP contribution < -0.4 is 0 Å². The van der Waals surface area contributed by atoms with Crippen molar-refractivity contribution in [2.45, 2.75) is 20.0 Å². The van der Waals surface area contributed by atoms with E-state index in [9.17, 15) is 18.3 Å². The number of hydrogen-bond donors (Lipinski definition) is 1. The molecule has 0 amide bonds. The molecule has 8 heteroatoms. The number of pyridine rings is 1. The van der Waals surface area contributed by atoms with E-state index in [0.717, 1.165) is 12.3 Å². The summed E-state index contributed by atoms with van der Waals surface area (Å²) < 4.78 is 39.9. The molecule has 0 saturated heterocycles. The average molecular weight is 334 g/mol. The molecule has 0 atom stereocenters. The maximum absolute atomic E-state index is 12.9. The van der Waals surface area contributed by atoms with Crippen LogP contribution in [0.1, 0.15) is 16.8 Å². The average Bonchev–Trinajstić information content (AvgIpc) is 2.80. The van der Waals surface area contributed by atoms with Crippen LogP contribution in [-0.2, 0) is 6.18 Å². The smallest absolute Gasteiger partial charge is 0.417 e. The summed E-state index contributed by atoms with van der Waals surface area (Å²) in [5.74, 6) is 0.329. The molecule has 3 rings (SSSR count). The molecule has 24 heavy (non-hydrogen) atoms. The number of benzene rings is 1. The molecule has 1 aromatic carbocycles. The first kappa shape index (κ1) is 16.0. The first-order chi connectivity index (χ1) is 11.3. The number of aryl methyl sites for hydroxylation is 2. The van der Waals surface area contributed by atoms with Crippen LogP contribution in [0, 0.1) is 13.8 Å². The Bertz CT molecular complexity index is 944. The van der Waals surface area contributed by atoms with Gasteiger partial charge < -0.3 is 5.11 Å². The number of rotatable bonds is 2. The van der Waals surface area contributed by atoms with Crippen LogP contribution in [0.3, 0.4) is 0 Å². The van der Waals surface area contributed by atoms with E-state index in [1.54, 1.807) is 19.9 Å². The van der Waals surface area contributed by atoms with Crippen molar-refractivity contribution >= 4 is 17.2 Å². The number of halogens is 3.